The highest BCUT2D eigenvalue weighted by atomic mass is 19.4. The summed E-state index contributed by atoms with van der Waals surface area (Å²) >= 11 is 0. The van der Waals surface area contributed by atoms with E-state index >= 15 is 0 Å². The van der Waals surface area contributed by atoms with Crippen LogP contribution in [0.2, 0.25) is 0 Å². The SMILES string of the molecule is Cc1c2c(nn1CC(F)(F)F)COC/C=C\Cn1c(C(=O)O)c(CCCOc3cccc4ccccc34)c3cccc-2c31. The molecule has 5 aromatic rings. The van der Waals surface area contributed by atoms with E-state index in [0.29, 0.717) is 53.0 Å². The average molecular weight is 590 g/mol. The summed E-state index contributed by atoms with van der Waals surface area (Å²) < 4.78 is 54.7. The van der Waals surface area contributed by atoms with Gasteiger partial charge in [-0.3, -0.25) is 4.68 Å². The van der Waals surface area contributed by atoms with Crippen molar-refractivity contribution in [1.82, 2.24) is 14.3 Å². The summed E-state index contributed by atoms with van der Waals surface area (Å²) in [7, 11) is 0. The van der Waals surface area contributed by atoms with Crippen molar-refractivity contribution in [3.8, 4) is 16.9 Å². The van der Waals surface area contributed by atoms with Gasteiger partial charge in [-0.25, -0.2) is 4.79 Å². The molecule has 0 spiro atoms. The maximum absolute atomic E-state index is 13.4. The number of allylic oxidation sites excluding steroid dienone is 1. The van der Waals surface area contributed by atoms with E-state index in [-0.39, 0.29) is 25.5 Å². The predicted octanol–water partition coefficient (Wildman–Crippen LogP) is 7.32. The molecule has 0 aliphatic carbocycles. The zero-order chi connectivity index (χ0) is 30.1. The van der Waals surface area contributed by atoms with Gasteiger partial charge < -0.3 is 19.1 Å². The number of aromatic carboxylic acids is 1. The number of fused-ring (bicyclic) bond motifs is 3. The largest absolute Gasteiger partial charge is 0.493 e. The van der Waals surface area contributed by atoms with Crippen molar-refractivity contribution < 1.29 is 32.5 Å². The number of para-hydroxylation sites is 1. The number of aryl methyl sites for hydroxylation is 1. The van der Waals surface area contributed by atoms with Crippen molar-refractivity contribution in [2.75, 3.05) is 13.2 Å². The quantitative estimate of drug-likeness (QED) is 0.159. The third-order valence-corrected chi connectivity index (χ3v) is 7.75. The number of halogens is 3. The lowest BCUT2D eigenvalue weighted by molar-refractivity contribution is -0.143. The number of ether oxygens (including phenoxy) is 2. The van der Waals surface area contributed by atoms with Gasteiger partial charge in [0, 0.05) is 34.1 Å². The van der Waals surface area contributed by atoms with Gasteiger partial charge in [-0.2, -0.15) is 18.3 Å². The fourth-order valence-corrected chi connectivity index (χ4v) is 5.97. The van der Waals surface area contributed by atoms with E-state index in [1.165, 1.54) is 0 Å². The Morgan fingerprint density at radius 1 is 1.05 bits per heavy atom. The van der Waals surface area contributed by atoms with Crippen molar-refractivity contribution in [3.63, 3.8) is 0 Å². The summed E-state index contributed by atoms with van der Waals surface area (Å²) in [5, 5.41) is 17.5. The lowest BCUT2D eigenvalue weighted by atomic mass is 9.98. The molecular formula is C33H30F3N3O4. The number of carboxylic acid groups (broad SMARTS) is 1. The Bertz CT molecular complexity index is 1850. The zero-order valence-corrected chi connectivity index (χ0v) is 23.5. The third kappa shape index (κ3) is 5.62. The van der Waals surface area contributed by atoms with Crippen molar-refractivity contribution in [1.29, 1.82) is 0 Å². The molecule has 0 unspecified atom stereocenters. The number of aromatic nitrogens is 3. The molecule has 0 bridgehead atoms. The van der Waals surface area contributed by atoms with E-state index in [1.54, 1.807) is 17.6 Å². The first kappa shape index (κ1) is 28.5. The monoisotopic (exact) mass is 589 g/mol. The highest BCUT2D eigenvalue weighted by molar-refractivity contribution is 6.04. The molecule has 0 fully saturated rings. The second kappa shape index (κ2) is 11.6. The van der Waals surface area contributed by atoms with Crippen molar-refractivity contribution in [2.24, 2.45) is 0 Å². The maximum Gasteiger partial charge on any atom is 0.408 e. The van der Waals surface area contributed by atoms with E-state index in [4.69, 9.17) is 9.47 Å². The molecule has 222 valence electrons. The lowest BCUT2D eigenvalue weighted by Gasteiger charge is -2.12. The molecule has 43 heavy (non-hydrogen) atoms. The number of hydrogen-bond acceptors (Lipinski definition) is 4. The zero-order valence-electron chi connectivity index (χ0n) is 23.5. The highest BCUT2D eigenvalue weighted by Gasteiger charge is 2.32. The van der Waals surface area contributed by atoms with Crippen LogP contribution < -0.4 is 4.74 Å². The van der Waals surface area contributed by atoms with Crippen LogP contribution in [0.3, 0.4) is 0 Å². The van der Waals surface area contributed by atoms with Gasteiger partial charge in [0.15, 0.2) is 0 Å². The smallest absolute Gasteiger partial charge is 0.408 e. The molecule has 1 aliphatic rings. The molecule has 2 aromatic heterocycles. The van der Waals surface area contributed by atoms with Gasteiger partial charge in [0.05, 0.1) is 31.0 Å². The van der Waals surface area contributed by atoms with E-state index in [0.717, 1.165) is 26.6 Å². The molecular weight excluding hydrogens is 559 g/mol. The third-order valence-electron chi connectivity index (χ3n) is 7.75. The molecule has 3 heterocycles. The van der Waals surface area contributed by atoms with E-state index < -0.39 is 18.7 Å². The second-order valence-electron chi connectivity index (χ2n) is 10.5. The molecule has 10 heteroatoms. The first-order valence-corrected chi connectivity index (χ1v) is 14.1. The molecule has 7 nitrogen and oxygen atoms in total. The summed E-state index contributed by atoms with van der Waals surface area (Å²) in [4.78, 5) is 12.8. The Kier molecular flexibility index (Phi) is 7.70. The summed E-state index contributed by atoms with van der Waals surface area (Å²) in [5.41, 5.74) is 3.32. The van der Waals surface area contributed by atoms with Gasteiger partial charge in [-0.1, -0.05) is 66.7 Å². The second-order valence-corrected chi connectivity index (χ2v) is 10.5. The summed E-state index contributed by atoms with van der Waals surface area (Å²) in [6.45, 7) is 1.25. The van der Waals surface area contributed by atoms with Gasteiger partial charge in [-0.15, -0.1) is 0 Å². The minimum absolute atomic E-state index is 0.0205. The molecule has 3 aromatic carbocycles. The summed E-state index contributed by atoms with van der Waals surface area (Å²) in [6.07, 6.45) is 0.165. The molecule has 1 aliphatic heterocycles. The number of carboxylic acids is 1. The Balaban J connectivity index is 1.41. The normalized spacial score (nSPS) is 14.4. The van der Waals surface area contributed by atoms with Crippen LogP contribution in [0.4, 0.5) is 13.2 Å². The van der Waals surface area contributed by atoms with Crippen LogP contribution in [0.5, 0.6) is 5.75 Å². The lowest BCUT2D eigenvalue weighted by Crippen LogP contribution is -2.19. The number of rotatable bonds is 7. The first-order chi connectivity index (χ1) is 20.7. The number of benzene rings is 3. The molecule has 1 N–H and O–H groups in total. The standard InChI is InChI=1S/C33H30F3N3O4/c1-21-29-26-13-7-12-24-25(14-8-18-43-28-15-6-10-22-9-2-3-11-23(22)28)31(32(40)41)38(30(24)26)16-4-5-17-42-19-27(29)37-39(21)20-33(34,35)36/h2-7,9-13,15H,8,14,16-20H2,1H3,(H,40,41)/b5-4-. The summed E-state index contributed by atoms with van der Waals surface area (Å²) in [5.74, 6) is -0.307. The van der Waals surface area contributed by atoms with Crippen molar-refractivity contribution in [3.05, 3.63) is 95.5 Å². The molecule has 0 radical (unpaired) electrons. The predicted molar refractivity (Wildman–Crippen MR) is 157 cm³/mol. The van der Waals surface area contributed by atoms with Crippen molar-refractivity contribution in [2.45, 2.75) is 45.6 Å². The van der Waals surface area contributed by atoms with Crippen LogP contribution >= 0.6 is 0 Å². The van der Waals surface area contributed by atoms with Gasteiger partial charge in [-0.05, 0) is 36.8 Å². The average Bonchev–Trinajstić information content (AvgIpc) is 3.44. The fourth-order valence-electron chi connectivity index (χ4n) is 5.97. The maximum atomic E-state index is 13.4. The number of hydrogen-bond donors (Lipinski definition) is 1. The molecule has 6 rings (SSSR count). The van der Waals surface area contributed by atoms with E-state index in [9.17, 15) is 23.1 Å². The van der Waals surface area contributed by atoms with Crippen LogP contribution in [0.1, 0.15) is 33.9 Å². The van der Waals surface area contributed by atoms with Gasteiger partial charge in [0.25, 0.3) is 0 Å². The Morgan fingerprint density at radius 2 is 1.81 bits per heavy atom. The van der Waals surface area contributed by atoms with Crippen LogP contribution in [-0.4, -0.2) is 44.8 Å². The summed E-state index contributed by atoms with van der Waals surface area (Å²) in [6, 6.07) is 19.3. The van der Waals surface area contributed by atoms with Gasteiger partial charge in [0.1, 0.15) is 18.0 Å². The Morgan fingerprint density at radius 3 is 2.63 bits per heavy atom. The number of nitrogens with zero attached hydrogens (tertiary/aromatic N) is 3. The van der Waals surface area contributed by atoms with E-state index in [1.807, 2.05) is 66.7 Å². The fraction of sp³-hybridized carbons (Fsp3) is 0.273. The van der Waals surface area contributed by atoms with Crippen LogP contribution in [0.15, 0.2) is 72.8 Å². The molecule has 0 atom stereocenters. The molecule has 0 amide bonds. The topological polar surface area (TPSA) is 78.5 Å². The van der Waals surface area contributed by atoms with Gasteiger partial charge >= 0.3 is 12.1 Å². The van der Waals surface area contributed by atoms with Crippen LogP contribution in [0, 0.1) is 6.92 Å². The first-order valence-electron chi connectivity index (χ1n) is 14.1. The highest BCUT2D eigenvalue weighted by Crippen LogP contribution is 2.39. The Labute approximate surface area is 245 Å². The number of carbonyl (C=O) groups is 1. The van der Waals surface area contributed by atoms with E-state index in [2.05, 4.69) is 5.10 Å². The van der Waals surface area contributed by atoms with Crippen LogP contribution in [0.25, 0.3) is 32.8 Å². The molecule has 0 saturated heterocycles. The van der Waals surface area contributed by atoms with Crippen molar-refractivity contribution >= 4 is 27.6 Å². The van der Waals surface area contributed by atoms with Crippen LogP contribution in [-0.2, 0) is 30.9 Å². The molecule has 0 saturated carbocycles. The Hall–Kier alpha value is -4.57. The number of alkyl halides is 3. The minimum Gasteiger partial charge on any atom is -0.493 e. The minimum atomic E-state index is -4.45. The van der Waals surface area contributed by atoms with Gasteiger partial charge in [0.2, 0.25) is 0 Å².